The maximum Gasteiger partial charge on any atom is 0.314 e. The molecule has 124 valence electrons. The van der Waals surface area contributed by atoms with E-state index < -0.39 is 0 Å². The molecule has 0 radical (unpaired) electrons. The molecule has 5 rings (SSSR count). The molecule has 0 unspecified atom stereocenters. The number of nitrogens with one attached hydrogen (secondary N) is 2. The molecule has 1 aromatic heterocycles. The lowest BCUT2D eigenvalue weighted by Gasteiger charge is -2.45. The van der Waals surface area contributed by atoms with Gasteiger partial charge in [-0.05, 0) is 56.1 Å². The van der Waals surface area contributed by atoms with E-state index >= 15 is 0 Å². The SMILES string of the molecule is O=C(NC[C@@H]1C[C@H]1c1ccco1)NC[C@]12C[C@H]1COC21CCC1. The first-order chi connectivity index (χ1) is 11.2. The summed E-state index contributed by atoms with van der Waals surface area (Å²) in [4.78, 5) is 12.1. The molecule has 1 spiro atoms. The maximum absolute atomic E-state index is 12.1. The first kappa shape index (κ1) is 13.9. The molecule has 5 heteroatoms. The number of hydrogen-bond donors (Lipinski definition) is 2. The lowest BCUT2D eigenvalue weighted by atomic mass is 9.68. The Kier molecular flexibility index (Phi) is 2.88. The summed E-state index contributed by atoms with van der Waals surface area (Å²) < 4.78 is 11.5. The Hall–Kier alpha value is -1.49. The first-order valence-corrected chi connectivity index (χ1v) is 8.92. The van der Waals surface area contributed by atoms with Gasteiger partial charge in [-0.15, -0.1) is 0 Å². The molecule has 3 saturated carbocycles. The number of carbonyl (C=O) groups is 1. The Morgan fingerprint density at radius 2 is 2.26 bits per heavy atom. The molecule has 2 amide bonds. The van der Waals surface area contributed by atoms with Gasteiger partial charge in [-0.3, -0.25) is 0 Å². The second-order valence-corrected chi connectivity index (χ2v) is 7.90. The molecule has 1 aliphatic heterocycles. The van der Waals surface area contributed by atoms with Crippen LogP contribution >= 0.6 is 0 Å². The van der Waals surface area contributed by atoms with Crippen molar-refractivity contribution in [2.75, 3.05) is 19.7 Å². The van der Waals surface area contributed by atoms with Crippen molar-refractivity contribution in [1.82, 2.24) is 10.6 Å². The van der Waals surface area contributed by atoms with E-state index in [0.29, 0.717) is 17.8 Å². The van der Waals surface area contributed by atoms with Crippen LogP contribution in [0.25, 0.3) is 0 Å². The van der Waals surface area contributed by atoms with E-state index in [4.69, 9.17) is 9.15 Å². The Balaban J connectivity index is 1.09. The number of urea groups is 1. The summed E-state index contributed by atoms with van der Waals surface area (Å²) in [5.41, 5.74) is 0.352. The van der Waals surface area contributed by atoms with Crippen LogP contribution in [-0.2, 0) is 4.74 Å². The molecule has 1 aromatic rings. The van der Waals surface area contributed by atoms with E-state index in [0.717, 1.165) is 31.9 Å². The molecule has 4 aliphatic rings. The number of furan rings is 1. The smallest absolute Gasteiger partial charge is 0.314 e. The molecule has 4 fully saturated rings. The van der Waals surface area contributed by atoms with Crippen molar-refractivity contribution in [3.63, 3.8) is 0 Å². The summed E-state index contributed by atoms with van der Waals surface area (Å²) in [5.74, 6) is 2.73. The van der Waals surface area contributed by atoms with Gasteiger partial charge in [0, 0.05) is 24.4 Å². The summed E-state index contributed by atoms with van der Waals surface area (Å²) in [7, 11) is 0. The van der Waals surface area contributed by atoms with Crippen LogP contribution in [0.5, 0.6) is 0 Å². The molecule has 23 heavy (non-hydrogen) atoms. The van der Waals surface area contributed by atoms with Crippen LogP contribution in [0.1, 0.15) is 43.8 Å². The Bertz CT molecular complexity index is 610. The highest BCUT2D eigenvalue weighted by molar-refractivity contribution is 5.74. The summed E-state index contributed by atoms with van der Waals surface area (Å²) in [6, 6.07) is 3.92. The second kappa shape index (κ2) is 4.76. The summed E-state index contributed by atoms with van der Waals surface area (Å²) in [5, 5.41) is 6.14. The molecule has 2 N–H and O–H groups in total. The van der Waals surface area contributed by atoms with Crippen LogP contribution in [-0.4, -0.2) is 31.3 Å². The number of fused-ring (bicyclic) bond motifs is 2. The van der Waals surface area contributed by atoms with Crippen LogP contribution in [0.3, 0.4) is 0 Å². The van der Waals surface area contributed by atoms with Crippen LogP contribution in [0, 0.1) is 17.3 Å². The summed E-state index contributed by atoms with van der Waals surface area (Å²) in [6.45, 7) is 2.40. The minimum Gasteiger partial charge on any atom is -0.469 e. The van der Waals surface area contributed by atoms with Gasteiger partial charge in [0.25, 0.3) is 0 Å². The summed E-state index contributed by atoms with van der Waals surface area (Å²) >= 11 is 0. The second-order valence-electron chi connectivity index (χ2n) is 7.90. The highest BCUT2D eigenvalue weighted by Gasteiger charge is 2.73. The van der Waals surface area contributed by atoms with Gasteiger partial charge in [0.15, 0.2) is 0 Å². The molecule has 2 heterocycles. The van der Waals surface area contributed by atoms with Crippen molar-refractivity contribution in [1.29, 1.82) is 0 Å². The predicted molar refractivity (Wildman–Crippen MR) is 84.0 cm³/mol. The zero-order valence-electron chi connectivity index (χ0n) is 13.3. The quantitative estimate of drug-likeness (QED) is 0.878. The molecule has 3 aliphatic carbocycles. The van der Waals surface area contributed by atoms with Crippen LogP contribution < -0.4 is 10.6 Å². The van der Waals surface area contributed by atoms with E-state index in [1.165, 1.54) is 25.7 Å². The Morgan fingerprint density at radius 1 is 1.35 bits per heavy atom. The third-order valence-electron chi connectivity index (χ3n) is 6.78. The first-order valence-electron chi connectivity index (χ1n) is 8.92. The lowest BCUT2D eigenvalue weighted by Crippen LogP contribution is -2.51. The average Bonchev–Trinajstić information content (AvgIpc) is 3.34. The molecule has 0 aromatic carbocycles. The van der Waals surface area contributed by atoms with Crippen molar-refractivity contribution in [2.24, 2.45) is 17.3 Å². The van der Waals surface area contributed by atoms with E-state index in [1.807, 2.05) is 12.1 Å². The third-order valence-corrected chi connectivity index (χ3v) is 6.78. The molecule has 5 nitrogen and oxygen atoms in total. The van der Waals surface area contributed by atoms with Crippen LogP contribution in [0.15, 0.2) is 22.8 Å². The normalized spacial score (nSPS) is 38.7. The van der Waals surface area contributed by atoms with Gasteiger partial charge >= 0.3 is 6.03 Å². The zero-order chi connectivity index (χ0) is 15.5. The fourth-order valence-corrected chi connectivity index (χ4v) is 4.93. The monoisotopic (exact) mass is 316 g/mol. The van der Waals surface area contributed by atoms with Gasteiger partial charge in [-0.2, -0.15) is 0 Å². The predicted octanol–water partition coefficient (Wildman–Crippen LogP) is 2.64. The number of ether oxygens (including phenoxy) is 1. The Morgan fingerprint density at radius 3 is 2.96 bits per heavy atom. The molecule has 0 bridgehead atoms. The van der Waals surface area contributed by atoms with Gasteiger partial charge < -0.3 is 19.8 Å². The van der Waals surface area contributed by atoms with Crippen molar-refractivity contribution in [3.05, 3.63) is 24.2 Å². The number of amides is 2. The van der Waals surface area contributed by atoms with E-state index in [9.17, 15) is 4.79 Å². The zero-order valence-corrected chi connectivity index (χ0v) is 13.3. The van der Waals surface area contributed by atoms with Gasteiger partial charge in [0.05, 0.1) is 18.5 Å². The average molecular weight is 316 g/mol. The fraction of sp³-hybridized carbons (Fsp3) is 0.722. The summed E-state index contributed by atoms with van der Waals surface area (Å²) in [6.07, 6.45) is 7.69. The van der Waals surface area contributed by atoms with Gasteiger partial charge in [-0.25, -0.2) is 4.79 Å². The number of carbonyl (C=O) groups excluding carboxylic acids is 1. The number of hydrogen-bond acceptors (Lipinski definition) is 3. The van der Waals surface area contributed by atoms with E-state index in [1.54, 1.807) is 6.26 Å². The van der Waals surface area contributed by atoms with Crippen molar-refractivity contribution in [2.45, 2.75) is 43.6 Å². The highest BCUT2D eigenvalue weighted by Crippen LogP contribution is 2.70. The largest absolute Gasteiger partial charge is 0.469 e. The topological polar surface area (TPSA) is 63.5 Å². The molecular weight excluding hydrogens is 292 g/mol. The molecule has 1 saturated heterocycles. The van der Waals surface area contributed by atoms with Gasteiger partial charge in [0.1, 0.15) is 5.76 Å². The fourth-order valence-electron chi connectivity index (χ4n) is 4.93. The van der Waals surface area contributed by atoms with Crippen LogP contribution in [0.2, 0.25) is 0 Å². The molecular formula is C18H24N2O3. The van der Waals surface area contributed by atoms with Crippen molar-refractivity contribution < 1.29 is 13.9 Å². The van der Waals surface area contributed by atoms with Crippen LogP contribution in [0.4, 0.5) is 4.79 Å². The standard InChI is InChI=1S/C18H24N2O3/c21-16(19-9-12-7-14(12)15-3-1-6-22-15)20-11-17-8-13(17)10-23-18(17)4-2-5-18/h1,3,6,12-14H,2,4-5,7-11H2,(H2,19,20,21)/t12-,13-,14+,17+/m0/s1. The highest BCUT2D eigenvalue weighted by atomic mass is 16.5. The van der Waals surface area contributed by atoms with Crippen molar-refractivity contribution >= 4 is 6.03 Å². The van der Waals surface area contributed by atoms with Gasteiger partial charge in [0.2, 0.25) is 0 Å². The Labute approximate surface area is 136 Å². The van der Waals surface area contributed by atoms with E-state index in [-0.39, 0.29) is 17.0 Å². The molecule has 4 atom stereocenters. The van der Waals surface area contributed by atoms with Gasteiger partial charge in [-0.1, -0.05) is 0 Å². The lowest BCUT2D eigenvalue weighted by molar-refractivity contribution is -0.109. The minimum absolute atomic E-state index is 0.0310. The third kappa shape index (κ3) is 2.05. The maximum atomic E-state index is 12.1. The van der Waals surface area contributed by atoms with Crippen molar-refractivity contribution in [3.8, 4) is 0 Å². The number of rotatable bonds is 5. The van der Waals surface area contributed by atoms with E-state index in [2.05, 4.69) is 10.6 Å². The minimum atomic E-state index is -0.0310.